The van der Waals surface area contributed by atoms with Gasteiger partial charge in [0, 0.05) is 61.8 Å². The van der Waals surface area contributed by atoms with Gasteiger partial charge in [-0.15, -0.1) is 23.5 Å². The first-order valence-electron chi connectivity index (χ1n) is 17.8. The second kappa shape index (κ2) is 13.5. The van der Waals surface area contributed by atoms with E-state index in [0.29, 0.717) is 27.6 Å². The van der Waals surface area contributed by atoms with Crippen molar-refractivity contribution in [1.29, 1.82) is 0 Å². The highest BCUT2D eigenvalue weighted by Gasteiger charge is 2.56. The van der Waals surface area contributed by atoms with E-state index in [2.05, 4.69) is 72.7 Å². The third kappa shape index (κ3) is 6.23. The van der Waals surface area contributed by atoms with Gasteiger partial charge in [0.1, 0.15) is 5.78 Å². The van der Waals surface area contributed by atoms with Crippen molar-refractivity contribution in [1.82, 2.24) is 0 Å². The zero-order valence-corrected chi connectivity index (χ0v) is 28.8. The summed E-state index contributed by atoms with van der Waals surface area (Å²) in [6.45, 7) is 5.08. The van der Waals surface area contributed by atoms with Gasteiger partial charge in [0.05, 0.1) is 4.08 Å². The molecule has 0 aromatic heterocycles. The first-order chi connectivity index (χ1) is 21.5. The molecule has 0 radical (unpaired) electrons. The van der Waals surface area contributed by atoms with Crippen LogP contribution in [0.4, 0.5) is 5.69 Å². The monoisotopic (exact) mass is 635 g/mol. The summed E-state index contributed by atoms with van der Waals surface area (Å²) in [6.07, 6.45) is 18.8. The summed E-state index contributed by atoms with van der Waals surface area (Å²) in [7, 11) is 2.23. The highest BCUT2D eigenvalue weighted by atomic mass is 32.2. The van der Waals surface area contributed by atoms with E-state index in [-0.39, 0.29) is 11.7 Å². The van der Waals surface area contributed by atoms with E-state index in [1.165, 1.54) is 80.5 Å². The number of allylic oxidation sites excluding steroid dienone is 3. The number of carbonyl (C=O) groups is 1. The van der Waals surface area contributed by atoms with Crippen LogP contribution in [-0.4, -0.2) is 54.5 Å². The van der Waals surface area contributed by atoms with Crippen molar-refractivity contribution in [2.24, 2.45) is 17.3 Å². The van der Waals surface area contributed by atoms with Crippen LogP contribution < -0.4 is 4.90 Å². The maximum Gasteiger partial charge on any atom is 0.157 e. The Kier molecular flexibility index (Phi) is 9.63. The molecule has 4 aliphatic carbocycles. The number of ether oxygens (including phenoxy) is 2. The van der Waals surface area contributed by atoms with Gasteiger partial charge < -0.3 is 14.4 Å². The summed E-state index contributed by atoms with van der Waals surface area (Å²) < 4.78 is 11.9. The fraction of sp³-hybridized carbons (Fsp3) is 0.711. The molecule has 7 rings (SSSR count). The topological polar surface area (TPSA) is 38.8 Å². The normalized spacial score (nSPS) is 32.8. The van der Waals surface area contributed by atoms with Crippen molar-refractivity contribution in [2.45, 2.75) is 113 Å². The Morgan fingerprint density at radius 3 is 2.59 bits per heavy atom. The van der Waals surface area contributed by atoms with Crippen LogP contribution in [0.1, 0.15) is 108 Å². The highest BCUT2D eigenvalue weighted by molar-refractivity contribution is 8.21. The van der Waals surface area contributed by atoms with Crippen LogP contribution >= 0.6 is 23.5 Å². The Bertz CT molecular complexity index is 1250. The van der Waals surface area contributed by atoms with E-state index in [1.807, 2.05) is 0 Å². The van der Waals surface area contributed by atoms with Gasteiger partial charge in [-0.05, 0) is 111 Å². The van der Waals surface area contributed by atoms with Crippen molar-refractivity contribution in [3.63, 3.8) is 0 Å². The minimum atomic E-state index is -0.155. The van der Waals surface area contributed by atoms with Gasteiger partial charge in [-0.2, -0.15) is 0 Å². The number of hydrogen-bond acceptors (Lipinski definition) is 6. The smallest absolute Gasteiger partial charge is 0.157 e. The van der Waals surface area contributed by atoms with Gasteiger partial charge in [0.25, 0.3) is 0 Å². The molecule has 44 heavy (non-hydrogen) atoms. The van der Waals surface area contributed by atoms with E-state index in [0.717, 1.165) is 51.9 Å². The zero-order chi connectivity index (χ0) is 30.1. The lowest BCUT2D eigenvalue weighted by molar-refractivity contribution is -0.162. The average molecular weight is 636 g/mol. The summed E-state index contributed by atoms with van der Waals surface area (Å²) in [5, 5.41) is 0. The molecule has 0 N–H and O–H groups in total. The first-order valence-corrected chi connectivity index (χ1v) is 19.7. The van der Waals surface area contributed by atoms with E-state index in [1.54, 1.807) is 16.7 Å². The number of ketones is 1. The van der Waals surface area contributed by atoms with Crippen LogP contribution in [-0.2, 0) is 14.3 Å². The van der Waals surface area contributed by atoms with Gasteiger partial charge in [-0.3, -0.25) is 4.79 Å². The Morgan fingerprint density at radius 2 is 1.80 bits per heavy atom. The van der Waals surface area contributed by atoms with Gasteiger partial charge in [0.15, 0.2) is 6.29 Å². The van der Waals surface area contributed by atoms with Crippen LogP contribution in [0.5, 0.6) is 0 Å². The van der Waals surface area contributed by atoms with Crippen LogP contribution in [0.15, 0.2) is 47.1 Å². The van der Waals surface area contributed by atoms with E-state index in [9.17, 15) is 4.79 Å². The molecule has 0 bridgehead atoms. The van der Waals surface area contributed by atoms with Crippen LogP contribution in [0, 0.1) is 17.3 Å². The number of Topliss-reactive ketones (excluding diaryl/α,β-unsaturated/α-hetero) is 1. The molecule has 1 aromatic carbocycles. The van der Waals surface area contributed by atoms with Crippen molar-refractivity contribution < 1.29 is 14.3 Å². The average Bonchev–Trinajstić information content (AvgIpc) is 3.63. The van der Waals surface area contributed by atoms with E-state index >= 15 is 0 Å². The molecule has 5 atom stereocenters. The number of nitrogens with zero attached hydrogens (tertiary/aromatic N) is 1. The predicted molar refractivity (Wildman–Crippen MR) is 186 cm³/mol. The number of rotatable bonds is 10. The third-order valence-corrected chi connectivity index (χ3v) is 15.3. The number of benzene rings is 1. The van der Waals surface area contributed by atoms with E-state index in [4.69, 9.17) is 9.47 Å². The fourth-order valence-electron chi connectivity index (χ4n) is 9.50. The molecular formula is C38H53NO3S2. The lowest BCUT2D eigenvalue weighted by Gasteiger charge is -2.51. The SMILES string of the molecule is CN(CCCCCCOC1CCCCO1)c1ccc([C@H]2C[C@]3(C)C(=O)CC[C@H]3[C@@H]3CCC4=CC5(CCC4=C32)SCCS5)cc1. The molecule has 6 heteroatoms. The number of anilines is 1. The molecule has 2 saturated carbocycles. The summed E-state index contributed by atoms with van der Waals surface area (Å²) in [6, 6.07) is 9.50. The summed E-state index contributed by atoms with van der Waals surface area (Å²) in [5.74, 6) is 4.61. The number of hydrogen-bond donors (Lipinski definition) is 0. The Balaban J connectivity index is 1.02. The number of fused-ring (bicyclic) bond motifs is 4. The number of carbonyl (C=O) groups excluding carboxylic acids is 1. The Morgan fingerprint density at radius 1 is 0.977 bits per heavy atom. The minimum absolute atomic E-state index is 0.0406. The molecule has 6 aliphatic rings. The summed E-state index contributed by atoms with van der Waals surface area (Å²) in [4.78, 5) is 15.8. The molecule has 2 saturated heterocycles. The second-order valence-electron chi connectivity index (χ2n) is 14.6. The van der Waals surface area contributed by atoms with Gasteiger partial charge in [-0.1, -0.05) is 43.5 Å². The molecule has 4 fully saturated rings. The molecule has 4 nitrogen and oxygen atoms in total. The first kappa shape index (κ1) is 31.4. The molecule has 240 valence electrons. The molecule has 1 spiro atoms. The Labute approximate surface area is 274 Å². The molecular weight excluding hydrogens is 583 g/mol. The summed E-state index contributed by atoms with van der Waals surface area (Å²) >= 11 is 4.37. The standard InChI is InChI=1S/C38H53NO3S2/c1-37-26-32(27-10-13-29(14-11-27)39(2)20-6-3-4-7-21-41-35-9-5-8-22-42-35)36-30-18-19-38(43-23-24-44-38)25-28(30)12-15-31(36)33(37)16-17-34(37)40/h10-11,13-14,25,31-33,35H,3-9,12,15-24,26H2,1-2H3/t31-,32+,33-,35?,37-/m0/s1. The van der Waals surface area contributed by atoms with Crippen molar-refractivity contribution in [3.05, 3.63) is 52.6 Å². The molecule has 1 aromatic rings. The predicted octanol–water partition coefficient (Wildman–Crippen LogP) is 9.30. The lowest BCUT2D eigenvalue weighted by atomic mass is 9.53. The van der Waals surface area contributed by atoms with Crippen LogP contribution in [0.2, 0.25) is 0 Å². The second-order valence-corrected chi connectivity index (χ2v) is 17.7. The van der Waals surface area contributed by atoms with Gasteiger partial charge in [-0.25, -0.2) is 0 Å². The lowest BCUT2D eigenvalue weighted by Crippen LogP contribution is -2.43. The molecule has 0 amide bonds. The molecule has 2 heterocycles. The number of unbranched alkanes of at least 4 members (excludes halogenated alkanes) is 3. The Hall–Kier alpha value is -1.21. The molecule has 1 unspecified atom stereocenters. The van der Waals surface area contributed by atoms with Crippen molar-refractivity contribution in [2.75, 3.05) is 43.2 Å². The fourth-order valence-corrected chi connectivity index (χ4v) is 12.6. The van der Waals surface area contributed by atoms with E-state index < -0.39 is 0 Å². The van der Waals surface area contributed by atoms with Gasteiger partial charge >= 0.3 is 0 Å². The highest BCUT2D eigenvalue weighted by Crippen LogP contribution is 2.64. The van der Waals surface area contributed by atoms with Gasteiger partial charge in [0.2, 0.25) is 0 Å². The minimum Gasteiger partial charge on any atom is -0.375 e. The quantitative estimate of drug-likeness (QED) is 0.239. The maximum atomic E-state index is 13.4. The van der Waals surface area contributed by atoms with Crippen molar-refractivity contribution in [3.8, 4) is 0 Å². The number of thioether (sulfide) groups is 2. The van der Waals surface area contributed by atoms with Crippen LogP contribution in [0.3, 0.4) is 0 Å². The van der Waals surface area contributed by atoms with Crippen LogP contribution in [0.25, 0.3) is 0 Å². The zero-order valence-electron chi connectivity index (χ0n) is 27.1. The summed E-state index contributed by atoms with van der Waals surface area (Å²) in [5.41, 5.74) is 7.68. The van der Waals surface area contributed by atoms with Crippen molar-refractivity contribution >= 4 is 35.0 Å². The third-order valence-electron chi connectivity index (χ3n) is 11.9. The molecule has 2 aliphatic heterocycles. The largest absolute Gasteiger partial charge is 0.375 e. The maximum absolute atomic E-state index is 13.4.